The number of hydrogen-bond donors (Lipinski definition) is 1. The second-order valence-corrected chi connectivity index (χ2v) is 5.43. The molecule has 0 radical (unpaired) electrons. The Labute approximate surface area is 131 Å². The summed E-state index contributed by atoms with van der Waals surface area (Å²) in [6.07, 6.45) is 0. The molecule has 0 spiro atoms. The van der Waals surface area contributed by atoms with Gasteiger partial charge in [-0.15, -0.1) is 5.10 Å². The fourth-order valence-electron chi connectivity index (χ4n) is 2.15. The number of nitrogens with two attached hydrogens (primary N) is 1. The quantitative estimate of drug-likeness (QED) is 0.733. The summed E-state index contributed by atoms with van der Waals surface area (Å²) in [6, 6.07) is 10.9. The van der Waals surface area contributed by atoms with Gasteiger partial charge in [0.25, 0.3) is 0 Å². The second-order valence-electron chi connectivity index (χ2n) is 4.62. The zero-order valence-corrected chi connectivity index (χ0v) is 12.6. The summed E-state index contributed by atoms with van der Waals surface area (Å²) < 4.78 is 1.51. The van der Waals surface area contributed by atoms with E-state index in [9.17, 15) is 0 Å². The fraction of sp³-hybridized carbons (Fsp3) is 0.0714. The smallest absolute Gasteiger partial charge is 0.187 e. The third kappa shape index (κ3) is 2.57. The van der Waals surface area contributed by atoms with E-state index in [4.69, 9.17) is 28.9 Å². The Morgan fingerprint density at radius 2 is 1.81 bits per heavy atom. The minimum absolute atomic E-state index is 0.469. The number of benzene rings is 2. The Kier molecular flexibility index (Phi) is 3.53. The van der Waals surface area contributed by atoms with Gasteiger partial charge in [0.05, 0.1) is 10.0 Å². The van der Waals surface area contributed by atoms with Crippen LogP contribution in [0.15, 0.2) is 36.4 Å². The number of halogens is 2. The molecule has 2 N–H and O–H groups in total. The van der Waals surface area contributed by atoms with Gasteiger partial charge in [0.15, 0.2) is 5.82 Å². The van der Waals surface area contributed by atoms with Gasteiger partial charge in [0.2, 0.25) is 0 Å². The van der Waals surface area contributed by atoms with Gasteiger partial charge in [-0.25, -0.2) is 0 Å². The standard InChI is InChI=1S/C14H11Cl2N5/c1-8-5-9(7-10(17)6-8)14-18-19-20-21(14)13-11(15)3-2-4-12(13)16/h2-7H,17H2,1H3. The van der Waals surface area contributed by atoms with Crippen molar-refractivity contribution in [3.05, 3.63) is 52.0 Å². The van der Waals surface area contributed by atoms with Crippen LogP contribution < -0.4 is 5.73 Å². The summed E-state index contributed by atoms with van der Waals surface area (Å²) in [7, 11) is 0. The number of tetrazole rings is 1. The monoisotopic (exact) mass is 319 g/mol. The molecule has 0 bridgehead atoms. The molecule has 0 aliphatic heterocycles. The van der Waals surface area contributed by atoms with E-state index in [1.165, 1.54) is 4.68 Å². The van der Waals surface area contributed by atoms with Crippen molar-refractivity contribution < 1.29 is 0 Å². The molecular formula is C14H11Cl2N5. The average molecular weight is 320 g/mol. The van der Waals surface area contributed by atoms with E-state index in [1.807, 2.05) is 19.1 Å². The Balaban J connectivity index is 2.22. The van der Waals surface area contributed by atoms with E-state index in [1.54, 1.807) is 24.3 Å². The molecule has 21 heavy (non-hydrogen) atoms. The van der Waals surface area contributed by atoms with E-state index in [0.717, 1.165) is 11.1 Å². The molecule has 0 fully saturated rings. The van der Waals surface area contributed by atoms with Crippen molar-refractivity contribution in [3.63, 3.8) is 0 Å². The van der Waals surface area contributed by atoms with Crippen molar-refractivity contribution in [3.8, 4) is 17.1 Å². The van der Waals surface area contributed by atoms with Crippen LogP contribution in [0.2, 0.25) is 10.0 Å². The van der Waals surface area contributed by atoms with Gasteiger partial charge in [-0.05, 0) is 53.2 Å². The van der Waals surface area contributed by atoms with Crippen molar-refractivity contribution in [2.24, 2.45) is 0 Å². The van der Waals surface area contributed by atoms with Crippen LogP contribution in [0.4, 0.5) is 5.69 Å². The van der Waals surface area contributed by atoms with Crippen molar-refractivity contribution in [1.82, 2.24) is 20.2 Å². The highest BCUT2D eigenvalue weighted by atomic mass is 35.5. The van der Waals surface area contributed by atoms with Crippen molar-refractivity contribution in [2.75, 3.05) is 5.73 Å². The molecule has 0 aliphatic rings. The maximum Gasteiger partial charge on any atom is 0.187 e. The molecule has 1 heterocycles. The predicted octanol–water partition coefficient (Wildman–Crippen LogP) is 3.53. The molecule has 106 valence electrons. The van der Waals surface area contributed by atoms with Crippen LogP contribution in [0.3, 0.4) is 0 Å². The molecule has 0 aliphatic carbocycles. The highest BCUT2D eigenvalue weighted by Gasteiger charge is 2.16. The molecule has 0 atom stereocenters. The maximum absolute atomic E-state index is 6.22. The number of hydrogen-bond acceptors (Lipinski definition) is 4. The Morgan fingerprint density at radius 1 is 1.10 bits per heavy atom. The molecule has 0 saturated carbocycles. The molecule has 0 unspecified atom stereocenters. The number of anilines is 1. The maximum atomic E-state index is 6.22. The van der Waals surface area contributed by atoms with E-state index in [2.05, 4.69) is 15.5 Å². The van der Waals surface area contributed by atoms with Crippen molar-refractivity contribution >= 4 is 28.9 Å². The number of rotatable bonds is 2. The average Bonchev–Trinajstić information content (AvgIpc) is 2.86. The first-order chi connectivity index (χ1) is 10.1. The van der Waals surface area contributed by atoms with Crippen LogP contribution in [0.5, 0.6) is 0 Å². The van der Waals surface area contributed by atoms with Gasteiger partial charge >= 0.3 is 0 Å². The fourth-order valence-corrected chi connectivity index (χ4v) is 2.71. The molecule has 1 aromatic heterocycles. The minimum atomic E-state index is 0.469. The van der Waals surface area contributed by atoms with Crippen LogP contribution in [-0.2, 0) is 0 Å². The van der Waals surface area contributed by atoms with Gasteiger partial charge in [-0.1, -0.05) is 29.3 Å². The molecule has 3 rings (SSSR count). The first kappa shape index (κ1) is 13.9. The van der Waals surface area contributed by atoms with E-state index < -0.39 is 0 Å². The van der Waals surface area contributed by atoms with Gasteiger partial charge in [0, 0.05) is 11.3 Å². The number of aryl methyl sites for hydroxylation is 1. The third-order valence-electron chi connectivity index (χ3n) is 2.98. The van der Waals surface area contributed by atoms with Crippen LogP contribution in [0.25, 0.3) is 17.1 Å². The topological polar surface area (TPSA) is 69.6 Å². The first-order valence-corrected chi connectivity index (χ1v) is 6.92. The van der Waals surface area contributed by atoms with E-state index in [-0.39, 0.29) is 0 Å². The van der Waals surface area contributed by atoms with Crippen molar-refractivity contribution in [2.45, 2.75) is 6.92 Å². The molecule has 7 heteroatoms. The molecule has 0 saturated heterocycles. The van der Waals surface area contributed by atoms with Gasteiger partial charge < -0.3 is 5.73 Å². The Bertz CT molecular complexity index is 772. The van der Waals surface area contributed by atoms with Crippen molar-refractivity contribution in [1.29, 1.82) is 0 Å². The van der Waals surface area contributed by atoms with Crippen LogP contribution in [0, 0.1) is 6.92 Å². The SMILES string of the molecule is Cc1cc(N)cc(-c2nnnn2-c2c(Cl)cccc2Cl)c1. The summed E-state index contributed by atoms with van der Waals surface area (Å²) >= 11 is 12.4. The van der Waals surface area contributed by atoms with Gasteiger partial charge in [-0.3, -0.25) is 0 Å². The van der Waals surface area contributed by atoms with Crippen LogP contribution in [0.1, 0.15) is 5.56 Å². The lowest BCUT2D eigenvalue weighted by molar-refractivity contribution is 0.791. The largest absolute Gasteiger partial charge is 0.399 e. The normalized spacial score (nSPS) is 10.8. The van der Waals surface area contributed by atoms with Crippen LogP contribution in [-0.4, -0.2) is 20.2 Å². The molecule has 0 amide bonds. The summed E-state index contributed by atoms with van der Waals surface area (Å²) in [5.41, 5.74) is 8.89. The Morgan fingerprint density at radius 3 is 2.48 bits per heavy atom. The third-order valence-corrected chi connectivity index (χ3v) is 3.59. The molecule has 2 aromatic carbocycles. The summed E-state index contributed by atoms with van der Waals surface area (Å²) in [5, 5.41) is 12.7. The van der Waals surface area contributed by atoms with E-state index in [0.29, 0.717) is 27.2 Å². The predicted molar refractivity (Wildman–Crippen MR) is 83.8 cm³/mol. The lowest BCUT2D eigenvalue weighted by Crippen LogP contribution is -2.02. The van der Waals surface area contributed by atoms with Gasteiger partial charge in [-0.2, -0.15) is 4.68 Å². The lowest BCUT2D eigenvalue weighted by Gasteiger charge is -2.09. The zero-order chi connectivity index (χ0) is 15.0. The first-order valence-electron chi connectivity index (χ1n) is 6.16. The second kappa shape index (κ2) is 5.35. The highest BCUT2D eigenvalue weighted by molar-refractivity contribution is 6.37. The number of nitrogens with zero attached hydrogens (tertiary/aromatic N) is 4. The van der Waals surface area contributed by atoms with Crippen LogP contribution >= 0.6 is 23.2 Å². The Hall–Kier alpha value is -2.11. The summed E-state index contributed by atoms with van der Waals surface area (Å²) in [4.78, 5) is 0. The number of nitrogen functional groups attached to an aromatic ring is 1. The summed E-state index contributed by atoms with van der Waals surface area (Å²) in [6.45, 7) is 1.95. The van der Waals surface area contributed by atoms with Gasteiger partial charge in [0.1, 0.15) is 5.69 Å². The molecular weight excluding hydrogens is 309 g/mol. The lowest BCUT2D eigenvalue weighted by atomic mass is 10.1. The highest BCUT2D eigenvalue weighted by Crippen LogP contribution is 2.31. The summed E-state index contributed by atoms with van der Waals surface area (Å²) in [5.74, 6) is 0.528. The molecule has 3 aromatic rings. The molecule has 5 nitrogen and oxygen atoms in total. The number of aromatic nitrogens is 4. The van der Waals surface area contributed by atoms with E-state index >= 15 is 0 Å². The minimum Gasteiger partial charge on any atom is -0.399 e. The zero-order valence-electron chi connectivity index (χ0n) is 11.1. The number of para-hydroxylation sites is 1.